The van der Waals surface area contributed by atoms with E-state index in [1.165, 1.54) is 0 Å². The molecule has 1 aromatic carbocycles. The Balaban J connectivity index is 0.000000487. The van der Waals surface area contributed by atoms with Crippen molar-refractivity contribution in [3.8, 4) is 0 Å². The Morgan fingerprint density at radius 1 is 1.15 bits per heavy atom. The Morgan fingerprint density at radius 2 is 1.81 bits per heavy atom. The topological polar surface area (TPSA) is 87.1 Å². The van der Waals surface area contributed by atoms with Gasteiger partial charge in [-0.05, 0) is 54.0 Å². The molecule has 2 aromatic rings. The molecule has 0 atom stereocenters. The standard InChI is InChI=1S/C16H22FNOS.C2H2O4/c1-3-18(4-2)7-9-19-8-5-13-11-14-6-10-20-16(14)12-15(13)17;3-1(4)2(5)6/h6,10-12H,3-5,7-9H2,1-2H3;(H,3,4)(H,5,6). The van der Waals surface area contributed by atoms with E-state index in [4.69, 9.17) is 24.5 Å². The molecule has 0 bridgehead atoms. The van der Waals surface area contributed by atoms with Crippen LogP contribution in [0.25, 0.3) is 10.1 Å². The number of hydrogen-bond donors (Lipinski definition) is 2. The van der Waals surface area contributed by atoms with Crippen molar-refractivity contribution in [2.45, 2.75) is 20.3 Å². The number of thiophene rings is 1. The molecule has 1 aromatic heterocycles. The summed E-state index contributed by atoms with van der Waals surface area (Å²) in [6, 6.07) is 5.60. The average Bonchev–Trinajstić information content (AvgIpc) is 3.05. The van der Waals surface area contributed by atoms with Crippen molar-refractivity contribution in [1.29, 1.82) is 0 Å². The fraction of sp³-hybridized carbons (Fsp3) is 0.444. The van der Waals surface area contributed by atoms with Crippen LogP contribution in [0.3, 0.4) is 0 Å². The first-order chi connectivity index (χ1) is 12.4. The molecule has 1 heterocycles. The minimum atomic E-state index is -1.82. The van der Waals surface area contributed by atoms with Gasteiger partial charge < -0.3 is 19.8 Å². The fourth-order valence-electron chi connectivity index (χ4n) is 2.24. The summed E-state index contributed by atoms with van der Waals surface area (Å²) in [4.78, 5) is 20.5. The van der Waals surface area contributed by atoms with Crippen LogP contribution in [0, 0.1) is 5.82 Å². The van der Waals surface area contributed by atoms with Gasteiger partial charge in [-0.2, -0.15) is 0 Å². The van der Waals surface area contributed by atoms with E-state index in [2.05, 4.69) is 18.7 Å². The zero-order valence-electron chi connectivity index (χ0n) is 14.9. The lowest BCUT2D eigenvalue weighted by molar-refractivity contribution is -0.159. The second-order valence-corrected chi connectivity index (χ2v) is 6.35. The van der Waals surface area contributed by atoms with E-state index in [1.807, 2.05) is 17.5 Å². The van der Waals surface area contributed by atoms with Gasteiger partial charge in [0.2, 0.25) is 0 Å². The second-order valence-electron chi connectivity index (χ2n) is 5.40. The van der Waals surface area contributed by atoms with Crippen molar-refractivity contribution in [2.75, 3.05) is 32.8 Å². The van der Waals surface area contributed by atoms with Crippen LogP contribution in [-0.2, 0) is 20.7 Å². The number of halogens is 1. The average molecular weight is 385 g/mol. The Morgan fingerprint density at radius 3 is 2.38 bits per heavy atom. The molecular formula is C18H24FNO5S. The Bertz CT molecular complexity index is 703. The number of rotatable bonds is 8. The number of carbonyl (C=O) groups is 2. The van der Waals surface area contributed by atoms with Crippen molar-refractivity contribution in [1.82, 2.24) is 4.90 Å². The van der Waals surface area contributed by atoms with Gasteiger partial charge in [0.1, 0.15) is 5.82 Å². The van der Waals surface area contributed by atoms with Crippen LogP contribution in [0.1, 0.15) is 19.4 Å². The number of fused-ring (bicyclic) bond motifs is 1. The molecule has 0 radical (unpaired) electrons. The van der Waals surface area contributed by atoms with Crippen LogP contribution in [-0.4, -0.2) is 59.9 Å². The van der Waals surface area contributed by atoms with Gasteiger partial charge in [0.25, 0.3) is 0 Å². The number of ether oxygens (including phenoxy) is 1. The molecule has 0 unspecified atom stereocenters. The number of nitrogens with zero attached hydrogens (tertiary/aromatic N) is 1. The van der Waals surface area contributed by atoms with Gasteiger partial charge in [0.15, 0.2) is 0 Å². The molecule has 0 aliphatic rings. The summed E-state index contributed by atoms with van der Waals surface area (Å²) in [5.74, 6) is -3.77. The Labute approximate surface area is 155 Å². The van der Waals surface area contributed by atoms with Gasteiger partial charge in [-0.15, -0.1) is 11.3 Å². The Hall–Kier alpha value is -2.03. The number of hydrogen-bond acceptors (Lipinski definition) is 5. The first-order valence-electron chi connectivity index (χ1n) is 8.30. The highest BCUT2D eigenvalue weighted by Gasteiger charge is 2.06. The minimum Gasteiger partial charge on any atom is -0.473 e. The molecule has 144 valence electrons. The third-order valence-electron chi connectivity index (χ3n) is 3.77. The highest BCUT2D eigenvalue weighted by atomic mass is 32.1. The third kappa shape index (κ3) is 7.47. The van der Waals surface area contributed by atoms with E-state index in [0.717, 1.165) is 35.3 Å². The number of carboxylic acid groups (broad SMARTS) is 2. The van der Waals surface area contributed by atoms with Crippen molar-refractivity contribution in [3.63, 3.8) is 0 Å². The smallest absolute Gasteiger partial charge is 0.414 e. The molecule has 0 aliphatic heterocycles. The molecule has 0 saturated heterocycles. The van der Waals surface area contributed by atoms with Crippen LogP contribution in [0.4, 0.5) is 4.39 Å². The number of benzene rings is 1. The summed E-state index contributed by atoms with van der Waals surface area (Å²) in [5.41, 5.74) is 0.749. The van der Waals surface area contributed by atoms with E-state index >= 15 is 0 Å². The maximum Gasteiger partial charge on any atom is 0.414 e. The van der Waals surface area contributed by atoms with Crippen molar-refractivity contribution in [2.24, 2.45) is 0 Å². The molecule has 0 aliphatic carbocycles. The third-order valence-corrected chi connectivity index (χ3v) is 4.65. The van der Waals surface area contributed by atoms with E-state index in [0.29, 0.717) is 19.6 Å². The molecular weight excluding hydrogens is 361 g/mol. The SMILES string of the molecule is CCN(CC)CCOCCc1cc2ccsc2cc1F.O=C(O)C(=O)O. The monoisotopic (exact) mass is 385 g/mol. The van der Waals surface area contributed by atoms with E-state index in [9.17, 15) is 4.39 Å². The normalized spacial score (nSPS) is 10.6. The molecule has 8 heteroatoms. The summed E-state index contributed by atoms with van der Waals surface area (Å²) >= 11 is 1.57. The number of carboxylic acids is 2. The molecule has 0 spiro atoms. The maximum absolute atomic E-state index is 13.9. The molecule has 6 nitrogen and oxygen atoms in total. The highest BCUT2D eigenvalue weighted by molar-refractivity contribution is 7.17. The van der Waals surface area contributed by atoms with Crippen LogP contribution in [0.2, 0.25) is 0 Å². The highest BCUT2D eigenvalue weighted by Crippen LogP contribution is 2.24. The Kier molecular flexibility index (Phi) is 9.79. The molecule has 26 heavy (non-hydrogen) atoms. The second kappa shape index (κ2) is 11.6. The summed E-state index contributed by atoms with van der Waals surface area (Å²) in [7, 11) is 0. The lowest BCUT2D eigenvalue weighted by Crippen LogP contribution is -2.27. The zero-order chi connectivity index (χ0) is 19.5. The molecule has 2 rings (SSSR count). The van der Waals surface area contributed by atoms with Gasteiger partial charge in [0.05, 0.1) is 13.2 Å². The number of aliphatic carboxylic acids is 2. The molecule has 0 amide bonds. The molecule has 0 fully saturated rings. The zero-order valence-corrected chi connectivity index (χ0v) is 15.7. The van der Waals surface area contributed by atoms with Crippen LogP contribution in [0.15, 0.2) is 23.6 Å². The van der Waals surface area contributed by atoms with Crippen molar-refractivity contribution < 1.29 is 28.9 Å². The van der Waals surface area contributed by atoms with Gasteiger partial charge in [-0.3, -0.25) is 0 Å². The summed E-state index contributed by atoms with van der Waals surface area (Å²) in [6.45, 7) is 8.62. The quantitative estimate of drug-likeness (QED) is 0.536. The predicted octanol–water partition coefficient (Wildman–Crippen LogP) is 3.10. The van der Waals surface area contributed by atoms with Crippen molar-refractivity contribution >= 4 is 33.4 Å². The van der Waals surface area contributed by atoms with E-state index in [1.54, 1.807) is 17.4 Å². The fourth-order valence-corrected chi connectivity index (χ4v) is 3.04. The van der Waals surface area contributed by atoms with Crippen LogP contribution < -0.4 is 0 Å². The summed E-state index contributed by atoms with van der Waals surface area (Å²) < 4.78 is 20.5. The lowest BCUT2D eigenvalue weighted by Gasteiger charge is -2.17. The lowest BCUT2D eigenvalue weighted by atomic mass is 10.1. The van der Waals surface area contributed by atoms with Crippen LogP contribution >= 0.6 is 11.3 Å². The predicted molar refractivity (Wildman–Crippen MR) is 99.4 cm³/mol. The molecule has 0 saturated carbocycles. The summed E-state index contributed by atoms with van der Waals surface area (Å²) in [5, 5.41) is 17.9. The largest absolute Gasteiger partial charge is 0.473 e. The summed E-state index contributed by atoms with van der Waals surface area (Å²) in [6.07, 6.45) is 0.635. The van der Waals surface area contributed by atoms with Gasteiger partial charge in [-0.25, -0.2) is 14.0 Å². The van der Waals surface area contributed by atoms with Gasteiger partial charge in [-0.1, -0.05) is 13.8 Å². The van der Waals surface area contributed by atoms with Crippen molar-refractivity contribution in [3.05, 3.63) is 35.0 Å². The van der Waals surface area contributed by atoms with E-state index < -0.39 is 11.9 Å². The maximum atomic E-state index is 13.9. The van der Waals surface area contributed by atoms with Crippen LogP contribution in [0.5, 0.6) is 0 Å². The first kappa shape index (κ1) is 22.0. The first-order valence-corrected chi connectivity index (χ1v) is 9.18. The van der Waals surface area contributed by atoms with Gasteiger partial charge >= 0.3 is 11.9 Å². The molecule has 2 N–H and O–H groups in total. The minimum absolute atomic E-state index is 0.118. The number of likely N-dealkylation sites (N-methyl/N-ethyl adjacent to an activating group) is 1. The van der Waals surface area contributed by atoms with Gasteiger partial charge in [0, 0.05) is 11.2 Å². The van der Waals surface area contributed by atoms with E-state index in [-0.39, 0.29) is 5.82 Å².